The van der Waals surface area contributed by atoms with Crippen molar-refractivity contribution in [3.05, 3.63) is 39.4 Å². The zero-order valence-corrected chi connectivity index (χ0v) is 10.8. The van der Waals surface area contributed by atoms with Gasteiger partial charge in [-0.1, -0.05) is 17.7 Å². The Labute approximate surface area is 104 Å². The van der Waals surface area contributed by atoms with E-state index in [2.05, 4.69) is 34.5 Å². The molecule has 76 valence electrons. The number of rotatable bonds is 5. The molecule has 0 aliphatic carbocycles. The van der Waals surface area contributed by atoms with E-state index >= 15 is 0 Å². The van der Waals surface area contributed by atoms with Crippen molar-refractivity contribution in [2.45, 2.75) is 12.8 Å². The van der Waals surface area contributed by atoms with E-state index < -0.39 is 0 Å². The zero-order valence-electron chi connectivity index (χ0n) is 7.89. The van der Waals surface area contributed by atoms with Crippen molar-refractivity contribution in [3.63, 3.8) is 0 Å². The summed E-state index contributed by atoms with van der Waals surface area (Å²) >= 11 is 8.13. The second-order valence-electron chi connectivity index (χ2n) is 2.98. The third-order valence-corrected chi connectivity index (χ3v) is 2.96. The molecular weight excluding hydrogens is 308 g/mol. The third kappa shape index (κ3) is 3.88. The zero-order chi connectivity index (χ0) is 10.4. The van der Waals surface area contributed by atoms with Crippen LogP contribution in [0.5, 0.6) is 0 Å². The summed E-state index contributed by atoms with van der Waals surface area (Å²) in [7, 11) is 0. The first-order chi connectivity index (χ1) is 6.74. The first-order valence-electron chi connectivity index (χ1n) is 4.54. The normalized spacial score (nSPS) is 9.86. The molecule has 1 rings (SSSR count). The number of unbranched alkanes of at least 4 members (excludes halogenated alkanes) is 1. The number of hydrogen-bond donors (Lipinski definition) is 1. The topological polar surface area (TPSA) is 12.0 Å². The Morgan fingerprint density at radius 3 is 2.93 bits per heavy atom. The Kier molecular flexibility index (Phi) is 5.33. The molecule has 0 unspecified atom stereocenters. The van der Waals surface area contributed by atoms with Crippen LogP contribution in [-0.4, -0.2) is 6.54 Å². The van der Waals surface area contributed by atoms with Gasteiger partial charge < -0.3 is 5.32 Å². The molecule has 0 bridgehead atoms. The van der Waals surface area contributed by atoms with Crippen molar-refractivity contribution in [2.24, 2.45) is 0 Å². The van der Waals surface area contributed by atoms with Gasteiger partial charge in [0.05, 0.1) is 0 Å². The van der Waals surface area contributed by atoms with E-state index in [0.717, 1.165) is 33.7 Å². The molecule has 0 spiro atoms. The van der Waals surface area contributed by atoms with Gasteiger partial charge in [0, 0.05) is 20.8 Å². The van der Waals surface area contributed by atoms with Crippen LogP contribution in [0.25, 0.3) is 0 Å². The number of halogens is 2. The SMILES string of the molecule is C=CCCCNc1ccc(Cl)cc1I. The van der Waals surface area contributed by atoms with E-state index in [1.807, 2.05) is 24.3 Å². The second-order valence-corrected chi connectivity index (χ2v) is 4.58. The largest absolute Gasteiger partial charge is 0.384 e. The Bertz CT molecular complexity index is 312. The molecule has 0 fully saturated rings. The molecular formula is C11H13ClIN. The van der Waals surface area contributed by atoms with E-state index in [4.69, 9.17) is 11.6 Å². The predicted octanol–water partition coefficient (Wildman–Crippen LogP) is 4.32. The Hall–Kier alpha value is -0.220. The minimum absolute atomic E-state index is 0.783. The standard InChI is InChI=1S/C11H13ClIN/c1-2-3-4-7-14-11-6-5-9(12)8-10(11)13/h2,5-6,8,14H,1,3-4,7H2. The fourth-order valence-electron chi connectivity index (χ4n) is 1.10. The average molecular weight is 322 g/mol. The van der Waals surface area contributed by atoms with Gasteiger partial charge in [0.25, 0.3) is 0 Å². The lowest BCUT2D eigenvalue weighted by Gasteiger charge is -2.07. The van der Waals surface area contributed by atoms with Crippen molar-refractivity contribution >= 4 is 39.9 Å². The molecule has 0 radical (unpaired) electrons. The van der Waals surface area contributed by atoms with Gasteiger partial charge in [-0.25, -0.2) is 0 Å². The van der Waals surface area contributed by atoms with Crippen LogP contribution in [0.3, 0.4) is 0 Å². The van der Waals surface area contributed by atoms with Crippen molar-refractivity contribution in [3.8, 4) is 0 Å². The van der Waals surface area contributed by atoms with E-state index in [0.29, 0.717) is 0 Å². The molecule has 0 aliphatic heterocycles. The van der Waals surface area contributed by atoms with Crippen molar-refractivity contribution < 1.29 is 0 Å². The maximum absolute atomic E-state index is 5.85. The third-order valence-electron chi connectivity index (χ3n) is 1.83. The molecule has 0 saturated heterocycles. The highest BCUT2D eigenvalue weighted by molar-refractivity contribution is 14.1. The summed E-state index contributed by atoms with van der Waals surface area (Å²) in [5, 5.41) is 4.14. The highest BCUT2D eigenvalue weighted by Gasteiger charge is 1.98. The first kappa shape index (κ1) is 11.9. The van der Waals surface area contributed by atoms with Gasteiger partial charge >= 0.3 is 0 Å². The fraction of sp³-hybridized carbons (Fsp3) is 0.273. The van der Waals surface area contributed by atoms with Crippen LogP contribution in [0.4, 0.5) is 5.69 Å². The summed E-state index contributed by atoms with van der Waals surface area (Å²) in [6.07, 6.45) is 4.11. The van der Waals surface area contributed by atoms with E-state index in [1.54, 1.807) is 0 Å². The maximum Gasteiger partial charge on any atom is 0.0476 e. The molecule has 0 aromatic heterocycles. The number of benzene rings is 1. The van der Waals surface area contributed by atoms with Gasteiger partial charge in [-0.15, -0.1) is 6.58 Å². The average Bonchev–Trinajstić information content (AvgIpc) is 2.15. The lowest BCUT2D eigenvalue weighted by atomic mass is 10.3. The molecule has 0 heterocycles. The minimum Gasteiger partial charge on any atom is -0.384 e. The van der Waals surface area contributed by atoms with Gasteiger partial charge in [0.2, 0.25) is 0 Å². The van der Waals surface area contributed by atoms with Crippen molar-refractivity contribution in [2.75, 3.05) is 11.9 Å². The second kappa shape index (κ2) is 6.30. The molecule has 0 atom stereocenters. The predicted molar refractivity (Wildman–Crippen MR) is 72.1 cm³/mol. The van der Waals surface area contributed by atoms with Crippen LogP contribution >= 0.6 is 34.2 Å². The lowest BCUT2D eigenvalue weighted by molar-refractivity contribution is 0.890. The summed E-state index contributed by atoms with van der Waals surface area (Å²) in [4.78, 5) is 0. The summed E-state index contributed by atoms with van der Waals surface area (Å²) in [5.41, 5.74) is 1.15. The van der Waals surface area contributed by atoms with Gasteiger partial charge in [0.15, 0.2) is 0 Å². The molecule has 0 saturated carbocycles. The molecule has 1 nitrogen and oxygen atoms in total. The van der Waals surface area contributed by atoms with Crippen LogP contribution < -0.4 is 5.32 Å². The highest BCUT2D eigenvalue weighted by atomic mass is 127. The highest BCUT2D eigenvalue weighted by Crippen LogP contribution is 2.22. The van der Waals surface area contributed by atoms with Crippen LogP contribution in [0.2, 0.25) is 5.02 Å². The smallest absolute Gasteiger partial charge is 0.0476 e. The van der Waals surface area contributed by atoms with Crippen molar-refractivity contribution in [1.82, 2.24) is 0 Å². The Morgan fingerprint density at radius 1 is 1.50 bits per heavy atom. The fourth-order valence-corrected chi connectivity index (χ4v) is 2.16. The van der Waals surface area contributed by atoms with Crippen molar-refractivity contribution in [1.29, 1.82) is 0 Å². The first-order valence-corrected chi connectivity index (χ1v) is 5.99. The summed E-state index contributed by atoms with van der Waals surface area (Å²) < 4.78 is 1.16. The molecule has 0 amide bonds. The maximum atomic E-state index is 5.85. The van der Waals surface area contributed by atoms with Gasteiger partial charge in [-0.3, -0.25) is 0 Å². The monoisotopic (exact) mass is 321 g/mol. The molecule has 1 aromatic carbocycles. The van der Waals surface area contributed by atoms with Crippen LogP contribution in [0, 0.1) is 3.57 Å². The number of nitrogens with one attached hydrogen (secondary N) is 1. The Morgan fingerprint density at radius 2 is 2.29 bits per heavy atom. The molecule has 1 N–H and O–H groups in total. The quantitative estimate of drug-likeness (QED) is 0.484. The summed E-state index contributed by atoms with van der Waals surface area (Å²) in [5.74, 6) is 0. The molecule has 0 aliphatic rings. The number of anilines is 1. The van der Waals surface area contributed by atoms with Gasteiger partial charge in [-0.05, 0) is 53.6 Å². The van der Waals surface area contributed by atoms with E-state index in [9.17, 15) is 0 Å². The summed E-state index contributed by atoms with van der Waals surface area (Å²) in [6, 6.07) is 5.87. The summed E-state index contributed by atoms with van der Waals surface area (Å²) in [6.45, 7) is 4.66. The van der Waals surface area contributed by atoms with Crippen LogP contribution in [0.1, 0.15) is 12.8 Å². The number of allylic oxidation sites excluding steroid dienone is 1. The lowest BCUT2D eigenvalue weighted by Crippen LogP contribution is -2.02. The molecule has 1 aromatic rings. The molecule has 3 heteroatoms. The minimum atomic E-state index is 0.783. The van der Waals surface area contributed by atoms with E-state index in [1.165, 1.54) is 0 Å². The Balaban J connectivity index is 2.46. The van der Waals surface area contributed by atoms with E-state index in [-0.39, 0.29) is 0 Å². The van der Waals surface area contributed by atoms with Crippen LogP contribution in [-0.2, 0) is 0 Å². The van der Waals surface area contributed by atoms with Crippen LogP contribution in [0.15, 0.2) is 30.9 Å². The van der Waals surface area contributed by atoms with Gasteiger partial charge in [0.1, 0.15) is 0 Å². The molecule has 14 heavy (non-hydrogen) atoms. The van der Waals surface area contributed by atoms with Gasteiger partial charge in [-0.2, -0.15) is 0 Å². The number of hydrogen-bond acceptors (Lipinski definition) is 1.